The van der Waals surface area contributed by atoms with Crippen LogP contribution in [0, 0.1) is 5.92 Å². The van der Waals surface area contributed by atoms with Gasteiger partial charge in [0.2, 0.25) is 11.8 Å². The maximum atomic E-state index is 12.3. The van der Waals surface area contributed by atoms with Crippen molar-refractivity contribution in [3.05, 3.63) is 24.0 Å². The van der Waals surface area contributed by atoms with E-state index in [0.29, 0.717) is 18.8 Å². The van der Waals surface area contributed by atoms with Gasteiger partial charge in [-0.3, -0.25) is 14.6 Å². The van der Waals surface area contributed by atoms with E-state index < -0.39 is 0 Å². The Balaban J connectivity index is 2.02. The Bertz CT molecular complexity index is 504. The monoisotopic (exact) mass is 277 g/mol. The second-order valence-electron chi connectivity index (χ2n) is 4.95. The quantitative estimate of drug-likeness (QED) is 0.861. The van der Waals surface area contributed by atoms with Crippen molar-refractivity contribution < 1.29 is 14.3 Å². The van der Waals surface area contributed by atoms with Gasteiger partial charge in [0.25, 0.3) is 0 Å². The first-order chi connectivity index (χ1) is 9.61. The SMILES string of the molecule is COc1ccncc1CC(=O)N1CCC[C@@H](C(N)=O)C1. The highest BCUT2D eigenvalue weighted by atomic mass is 16.5. The molecule has 0 saturated carbocycles. The Morgan fingerprint density at radius 2 is 2.35 bits per heavy atom. The second-order valence-corrected chi connectivity index (χ2v) is 4.95. The van der Waals surface area contributed by atoms with Gasteiger partial charge in [-0.05, 0) is 18.9 Å². The summed E-state index contributed by atoms with van der Waals surface area (Å²) in [6.45, 7) is 1.09. The summed E-state index contributed by atoms with van der Waals surface area (Å²) in [5.41, 5.74) is 6.07. The van der Waals surface area contributed by atoms with E-state index >= 15 is 0 Å². The minimum Gasteiger partial charge on any atom is -0.496 e. The Morgan fingerprint density at radius 1 is 1.55 bits per heavy atom. The van der Waals surface area contributed by atoms with Gasteiger partial charge in [-0.1, -0.05) is 0 Å². The first-order valence-corrected chi connectivity index (χ1v) is 6.65. The van der Waals surface area contributed by atoms with Crippen LogP contribution in [0.1, 0.15) is 18.4 Å². The molecule has 0 bridgehead atoms. The fourth-order valence-electron chi connectivity index (χ4n) is 2.46. The number of hydrogen-bond acceptors (Lipinski definition) is 4. The number of nitrogens with zero attached hydrogens (tertiary/aromatic N) is 2. The molecule has 0 aliphatic carbocycles. The predicted octanol–water partition coefficient (Wildman–Crippen LogP) is 0.357. The summed E-state index contributed by atoms with van der Waals surface area (Å²) in [4.78, 5) is 29.2. The molecule has 2 heterocycles. The van der Waals surface area contributed by atoms with Crippen LogP contribution in [0.5, 0.6) is 5.75 Å². The summed E-state index contributed by atoms with van der Waals surface area (Å²) in [5.74, 6) is 0.0593. The summed E-state index contributed by atoms with van der Waals surface area (Å²) in [6, 6.07) is 1.73. The number of methoxy groups -OCH3 is 1. The van der Waals surface area contributed by atoms with Crippen LogP contribution in [0.4, 0.5) is 0 Å². The average Bonchev–Trinajstić information content (AvgIpc) is 2.48. The van der Waals surface area contributed by atoms with E-state index in [4.69, 9.17) is 10.5 Å². The van der Waals surface area contributed by atoms with Gasteiger partial charge < -0.3 is 15.4 Å². The van der Waals surface area contributed by atoms with Crippen molar-refractivity contribution in [1.82, 2.24) is 9.88 Å². The number of carbonyl (C=O) groups excluding carboxylic acids is 2. The van der Waals surface area contributed by atoms with Gasteiger partial charge >= 0.3 is 0 Å². The minimum atomic E-state index is -0.332. The lowest BCUT2D eigenvalue weighted by Gasteiger charge is -2.31. The Morgan fingerprint density at radius 3 is 3.05 bits per heavy atom. The van der Waals surface area contributed by atoms with Gasteiger partial charge in [0, 0.05) is 31.0 Å². The lowest BCUT2D eigenvalue weighted by molar-refractivity contribution is -0.134. The normalized spacial score (nSPS) is 18.6. The van der Waals surface area contributed by atoms with Gasteiger partial charge in [-0.15, -0.1) is 0 Å². The van der Waals surface area contributed by atoms with Crippen molar-refractivity contribution in [2.75, 3.05) is 20.2 Å². The molecule has 1 atom stereocenters. The largest absolute Gasteiger partial charge is 0.496 e. The molecule has 1 aliphatic rings. The fourth-order valence-corrected chi connectivity index (χ4v) is 2.46. The number of hydrogen-bond donors (Lipinski definition) is 1. The number of likely N-dealkylation sites (tertiary alicyclic amines) is 1. The van der Waals surface area contributed by atoms with E-state index in [9.17, 15) is 9.59 Å². The summed E-state index contributed by atoms with van der Waals surface area (Å²) >= 11 is 0. The number of pyridine rings is 1. The molecule has 6 nitrogen and oxygen atoms in total. The van der Waals surface area contributed by atoms with E-state index in [0.717, 1.165) is 18.4 Å². The lowest BCUT2D eigenvalue weighted by atomic mass is 9.97. The third-order valence-electron chi connectivity index (χ3n) is 3.60. The van der Waals surface area contributed by atoms with Crippen LogP contribution in [-0.4, -0.2) is 41.9 Å². The third kappa shape index (κ3) is 3.26. The maximum absolute atomic E-state index is 12.3. The van der Waals surface area contributed by atoms with Gasteiger partial charge in [0.15, 0.2) is 0 Å². The molecule has 2 N–H and O–H groups in total. The number of primary amides is 1. The van der Waals surface area contributed by atoms with Crippen LogP contribution >= 0.6 is 0 Å². The fraction of sp³-hybridized carbons (Fsp3) is 0.500. The first-order valence-electron chi connectivity index (χ1n) is 6.65. The van der Waals surface area contributed by atoms with Gasteiger partial charge in [0.1, 0.15) is 5.75 Å². The average molecular weight is 277 g/mol. The standard InChI is InChI=1S/C14H19N3O3/c1-20-12-4-5-16-8-11(12)7-13(18)17-6-2-3-10(9-17)14(15)19/h4-5,8,10H,2-3,6-7,9H2,1H3,(H2,15,19)/t10-/m1/s1. The molecule has 0 unspecified atom stereocenters. The molecule has 1 aromatic rings. The highest BCUT2D eigenvalue weighted by molar-refractivity contribution is 5.81. The maximum Gasteiger partial charge on any atom is 0.227 e. The lowest BCUT2D eigenvalue weighted by Crippen LogP contribution is -2.44. The molecule has 1 aliphatic heterocycles. The van der Waals surface area contributed by atoms with E-state index in [1.165, 1.54) is 0 Å². The van der Waals surface area contributed by atoms with Gasteiger partial charge in [0.05, 0.1) is 19.4 Å². The molecule has 108 valence electrons. The van der Waals surface area contributed by atoms with E-state index in [-0.39, 0.29) is 24.2 Å². The Hall–Kier alpha value is -2.11. The summed E-state index contributed by atoms with van der Waals surface area (Å²) in [7, 11) is 1.56. The van der Waals surface area contributed by atoms with Crippen LogP contribution in [0.15, 0.2) is 18.5 Å². The van der Waals surface area contributed by atoms with Crippen LogP contribution < -0.4 is 10.5 Å². The number of ether oxygens (including phenoxy) is 1. The van der Waals surface area contributed by atoms with E-state index in [1.807, 2.05) is 0 Å². The Labute approximate surface area is 117 Å². The molecule has 0 aromatic carbocycles. The van der Waals surface area contributed by atoms with Crippen LogP contribution in [0.2, 0.25) is 0 Å². The molecule has 0 radical (unpaired) electrons. The van der Waals surface area contributed by atoms with Gasteiger partial charge in [-0.2, -0.15) is 0 Å². The van der Waals surface area contributed by atoms with Crippen LogP contribution in [-0.2, 0) is 16.0 Å². The zero-order valence-corrected chi connectivity index (χ0v) is 11.5. The molecule has 20 heavy (non-hydrogen) atoms. The molecule has 2 rings (SSSR count). The van der Waals surface area contributed by atoms with Crippen molar-refractivity contribution in [3.63, 3.8) is 0 Å². The molecular formula is C14H19N3O3. The van der Waals surface area contributed by atoms with Crippen molar-refractivity contribution in [2.45, 2.75) is 19.3 Å². The number of amides is 2. The third-order valence-corrected chi connectivity index (χ3v) is 3.60. The van der Waals surface area contributed by atoms with Crippen molar-refractivity contribution in [3.8, 4) is 5.75 Å². The predicted molar refractivity (Wildman–Crippen MR) is 73.0 cm³/mol. The zero-order chi connectivity index (χ0) is 14.5. The topological polar surface area (TPSA) is 85.5 Å². The van der Waals surface area contributed by atoms with Crippen molar-refractivity contribution in [1.29, 1.82) is 0 Å². The number of nitrogens with two attached hydrogens (primary N) is 1. The van der Waals surface area contributed by atoms with Crippen molar-refractivity contribution >= 4 is 11.8 Å². The highest BCUT2D eigenvalue weighted by Crippen LogP contribution is 2.20. The number of carbonyl (C=O) groups is 2. The second kappa shape index (κ2) is 6.36. The van der Waals surface area contributed by atoms with Crippen LogP contribution in [0.25, 0.3) is 0 Å². The number of rotatable bonds is 4. The molecular weight excluding hydrogens is 258 g/mol. The minimum absolute atomic E-state index is 0.0257. The number of piperidine rings is 1. The first kappa shape index (κ1) is 14.3. The van der Waals surface area contributed by atoms with Gasteiger partial charge in [-0.25, -0.2) is 0 Å². The molecule has 1 aromatic heterocycles. The van der Waals surface area contributed by atoms with E-state index in [1.54, 1.807) is 30.5 Å². The zero-order valence-electron chi connectivity index (χ0n) is 11.5. The molecule has 1 saturated heterocycles. The highest BCUT2D eigenvalue weighted by Gasteiger charge is 2.27. The molecule has 1 fully saturated rings. The summed E-state index contributed by atoms with van der Waals surface area (Å²) < 4.78 is 5.21. The van der Waals surface area contributed by atoms with E-state index in [2.05, 4.69) is 4.98 Å². The summed E-state index contributed by atoms with van der Waals surface area (Å²) in [6.07, 6.45) is 5.05. The summed E-state index contributed by atoms with van der Waals surface area (Å²) in [5, 5.41) is 0. The molecule has 6 heteroatoms. The molecule has 2 amide bonds. The smallest absolute Gasteiger partial charge is 0.227 e. The number of aromatic nitrogens is 1. The molecule has 0 spiro atoms. The van der Waals surface area contributed by atoms with Crippen molar-refractivity contribution in [2.24, 2.45) is 11.7 Å². The Kier molecular flexibility index (Phi) is 4.55. The van der Waals surface area contributed by atoms with Crippen LogP contribution in [0.3, 0.4) is 0 Å².